The molecule has 0 amide bonds. The Bertz CT molecular complexity index is 1050. The van der Waals surface area contributed by atoms with Gasteiger partial charge in [-0.15, -0.1) is 0 Å². The average Bonchev–Trinajstić information content (AvgIpc) is 2.59. The fourth-order valence-electron chi connectivity index (χ4n) is 3.24. The van der Waals surface area contributed by atoms with Gasteiger partial charge in [0.05, 0.1) is 0 Å². The predicted octanol–water partition coefficient (Wildman–Crippen LogP) is 7.76. The zero-order valence-corrected chi connectivity index (χ0v) is 15.4. The Morgan fingerprint density at radius 2 is 1.53 bits per heavy atom. The normalized spacial score (nSPS) is 17.6. The molecule has 8 heteroatoms. The molecule has 0 aliphatic heterocycles. The van der Waals surface area contributed by atoms with E-state index in [1.165, 1.54) is 12.1 Å². The van der Waals surface area contributed by atoms with Crippen LogP contribution in [0.15, 0.2) is 65.8 Å². The Morgan fingerprint density at radius 1 is 0.900 bits per heavy atom. The van der Waals surface area contributed by atoms with Crippen molar-refractivity contribution >= 4 is 0 Å². The Hall–Kier alpha value is -2.90. The van der Waals surface area contributed by atoms with Crippen LogP contribution in [0.2, 0.25) is 0 Å². The van der Waals surface area contributed by atoms with Crippen molar-refractivity contribution in [3.8, 4) is 11.1 Å². The van der Waals surface area contributed by atoms with Crippen molar-refractivity contribution in [2.75, 3.05) is 0 Å². The molecule has 0 fully saturated rings. The molecule has 1 atom stereocenters. The summed E-state index contributed by atoms with van der Waals surface area (Å²) in [5, 5.41) is 0. The van der Waals surface area contributed by atoms with E-state index >= 15 is 0 Å². The molecule has 1 unspecified atom stereocenters. The molecule has 158 valence electrons. The topological polar surface area (TPSA) is 0 Å². The molecule has 1 aliphatic rings. The summed E-state index contributed by atoms with van der Waals surface area (Å²) in [6.45, 7) is 1.64. The van der Waals surface area contributed by atoms with Gasteiger partial charge in [0, 0.05) is 35.1 Å². The number of aryl methyl sites for hydroxylation is 1. The van der Waals surface area contributed by atoms with Gasteiger partial charge >= 0.3 is 6.18 Å². The SMILES string of the molecule is Cc1ccc(-c2cc(F)c(C3C=C(F)C(/C=C/C(F)(F)F)=C(F)C3)c(F)c2)c(F)c1. The third-order valence-corrected chi connectivity index (χ3v) is 4.62. The van der Waals surface area contributed by atoms with Gasteiger partial charge in [-0.1, -0.05) is 12.1 Å². The van der Waals surface area contributed by atoms with Crippen molar-refractivity contribution in [3.05, 3.63) is 94.4 Å². The maximum Gasteiger partial charge on any atom is 0.409 e. The molecular formula is C22H14F8. The van der Waals surface area contributed by atoms with Crippen LogP contribution < -0.4 is 0 Å². The van der Waals surface area contributed by atoms with Crippen LogP contribution in [-0.4, -0.2) is 6.18 Å². The first kappa shape index (κ1) is 21.8. The molecule has 0 heterocycles. The number of alkyl halides is 3. The lowest BCUT2D eigenvalue weighted by atomic mass is 9.87. The molecule has 0 saturated heterocycles. The summed E-state index contributed by atoms with van der Waals surface area (Å²) >= 11 is 0. The molecule has 2 aromatic rings. The van der Waals surface area contributed by atoms with Gasteiger partial charge in [-0.3, -0.25) is 0 Å². The lowest BCUT2D eigenvalue weighted by molar-refractivity contribution is -0.0798. The van der Waals surface area contributed by atoms with E-state index in [1.807, 2.05) is 0 Å². The second kappa shape index (κ2) is 8.08. The highest BCUT2D eigenvalue weighted by atomic mass is 19.4. The van der Waals surface area contributed by atoms with Crippen LogP contribution in [0.4, 0.5) is 35.1 Å². The zero-order valence-electron chi connectivity index (χ0n) is 15.4. The molecule has 0 saturated carbocycles. The minimum Gasteiger partial charge on any atom is -0.211 e. The minimum absolute atomic E-state index is 0.0547. The van der Waals surface area contributed by atoms with Crippen LogP contribution in [-0.2, 0) is 0 Å². The van der Waals surface area contributed by atoms with Crippen molar-refractivity contribution < 1.29 is 35.1 Å². The molecule has 0 radical (unpaired) electrons. The van der Waals surface area contributed by atoms with Gasteiger partial charge < -0.3 is 0 Å². The first-order valence-electron chi connectivity index (χ1n) is 8.74. The maximum absolute atomic E-state index is 14.6. The van der Waals surface area contributed by atoms with Crippen LogP contribution >= 0.6 is 0 Å². The summed E-state index contributed by atoms with van der Waals surface area (Å²) in [4.78, 5) is 0. The summed E-state index contributed by atoms with van der Waals surface area (Å²) < 4.78 is 108. The van der Waals surface area contributed by atoms with E-state index in [0.717, 1.165) is 12.1 Å². The smallest absolute Gasteiger partial charge is 0.211 e. The highest BCUT2D eigenvalue weighted by Crippen LogP contribution is 2.40. The molecule has 0 spiro atoms. The molecule has 0 nitrogen and oxygen atoms in total. The lowest BCUT2D eigenvalue weighted by Gasteiger charge is -2.20. The van der Waals surface area contributed by atoms with E-state index in [2.05, 4.69) is 0 Å². The van der Waals surface area contributed by atoms with Crippen LogP contribution in [0, 0.1) is 24.4 Å². The molecule has 0 N–H and O–H groups in total. The van der Waals surface area contributed by atoms with Gasteiger partial charge in [-0.25, -0.2) is 22.0 Å². The quantitative estimate of drug-likeness (QED) is 0.437. The number of benzene rings is 2. The average molecular weight is 430 g/mol. The first-order valence-corrected chi connectivity index (χ1v) is 8.74. The van der Waals surface area contributed by atoms with Crippen molar-refractivity contribution in [3.63, 3.8) is 0 Å². The summed E-state index contributed by atoms with van der Waals surface area (Å²) in [6, 6.07) is 5.78. The summed E-state index contributed by atoms with van der Waals surface area (Å²) in [7, 11) is 0. The third-order valence-electron chi connectivity index (χ3n) is 4.62. The van der Waals surface area contributed by atoms with E-state index in [9.17, 15) is 35.1 Å². The second-order valence-electron chi connectivity index (χ2n) is 6.86. The number of hydrogen-bond donors (Lipinski definition) is 0. The second-order valence-corrected chi connectivity index (χ2v) is 6.86. The number of rotatable bonds is 3. The molecule has 0 aromatic heterocycles. The Morgan fingerprint density at radius 3 is 2.07 bits per heavy atom. The number of hydrogen-bond acceptors (Lipinski definition) is 0. The fraction of sp³-hybridized carbons (Fsp3) is 0.182. The maximum atomic E-state index is 14.6. The summed E-state index contributed by atoms with van der Waals surface area (Å²) in [5.41, 5.74) is -1.13. The highest BCUT2D eigenvalue weighted by molar-refractivity contribution is 5.65. The fourth-order valence-corrected chi connectivity index (χ4v) is 3.24. The van der Waals surface area contributed by atoms with E-state index in [4.69, 9.17) is 0 Å². The van der Waals surface area contributed by atoms with Crippen molar-refractivity contribution in [1.29, 1.82) is 0 Å². The van der Waals surface area contributed by atoms with Gasteiger partial charge in [-0.2, -0.15) is 13.2 Å². The zero-order chi connectivity index (χ0) is 22.2. The Labute approximate surface area is 166 Å². The van der Waals surface area contributed by atoms with Crippen molar-refractivity contribution in [1.82, 2.24) is 0 Å². The summed E-state index contributed by atoms with van der Waals surface area (Å²) in [5.74, 6) is -7.04. The molecule has 30 heavy (non-hydrogen) atoms. The van der Waals surface area contributed by atoms with Crippen LogP contribution in [0.5, 0.6) is 0 Å². The van der Waals surface area contributed by atoms with Gasteiger partial charge in [-0.05, 0) is 48.4 Å². The number of halogens is 8. The molecule has 3 rings (SSSR count). The van der Waals surface area contributed by atoms with Gasteiger partial charge in [0.25, 0.3) is 0 Å². The van der Waals surface area contributed by atoms with E-state index in [0.29, 0.717) is 11.6 Å². The third kappa shape index (κ3) is 4.63. The standard InChI is InChI=1S/C22H14F8/c1-11-2-3-14(16(23)6-11)12-7-19(26)21(20(27)8-12)13-9-17(24)15(18(25)10-13)4-5-22(28,29)30/h2-9,13H,10H2,1H3/b5-4+. The van der Waals surface area contributed by atoms with Gasteiger partial charge in [0.15, 0.2) is 0 Å². The van der Waals surface area contributed by atoms with Gasteiger partial charge in [0.2, 0.25) is 0 Å². The largest absolute Gasteiger partial charge is 0.409 e. The molecular weight excluding hydrogens is 416 g/mol. The molecule has 2 aromatic carbocycles. The minimum atomic E-state index is -4.77. The van der Waals surface area contributed by atoms with E-state index < -0.39 is 58.8 Å². The predicted molar refractivity (Wildman–Crippen MR) is 96.4 cm³/mol. The van der Waals surface area contributed by atoms with E-state index in [1.54, 1.807) is 13.0 Å². The monoisotopic (exact) mass is 430 g/mol. The lowest BCUT2D eigenvalue weighted by Crippen LogP contribution is -2.09. The Balaban J connectivity index is 1.96. The number of allylic oxidation sites excluding steroid dienone is 6. The van der Waals surface area contributed by atoms with E-state index in [-0.39, 0.29) is 23.3 Å². The Kier molecular flexibility index (Phi) is 5.87. The molecule has 0 bridgehead atoms. The molecule has 1 aliphatic carbocycles. The van der Waals surface area contributed by atoms with Crippen LogP contribution in [0.3, 0.4) is 0 Å². The van der Waals surface area contributed by atoms with Crippen molar-refractivity contribution in [2.45, 2.75) is 25.4 Å². The summed E-state index contributed by atoms with van der Waals surface area (Å²) in [6.07, 6.45) is -4.94. The first-order chi connectivity index (χ1) is 14.0. The van der Waals surface area contributed by atoms with Crippen LogP contribution in [0.25, 0.3) is 11.1 Å². The van der Waals surface area contributed by atoms with Crippen LogP contribution in [0.1, 0.15) is 23.5 Å². The van der Waals surface area contributed by atoms with Crippen molar-refractivity contribution in [2.24, 2.45) is 0 Å². The van der Waals surface area contributed by atoms with Gasteiger partial charge in [0.1, 0.15) is 29.1 Å². The highest BCUT2D eigenvalue weighted by Gasteiger charge is 2.29.